The number of halogens is 1. The molecule has 2 aromatic heterocycles. The molecule has 0 unspecified atom stereocenters. The molecule has 0 N–H and O–H groups in total. The first-order valence-electron chi connectivity index (χ1n) is 5.11. The number of nitrogens with zero attached hydrogens (tertiary/aromatic N) is 2. The average molecular weight is 297 g/mol. The van der Waals surface area contributed by atoms with Crippen molar-refractivity contribution < 1.29 is 0 Å². The molecule has 0 aromatic carbocycles. The first kappa shape index (κ1) is 11.6. The smallest absolute Gasteiger partial charge is 0.128 e. The molecule has 2 heterocycles. The normalized spacial score (nSPS) is 10.4. The van der Waals surface area contributed by atoms with Crippen molar-refractivity contribution in [3.8, 4) is 0 Å². The Morgan fingerprint density at radius 3 is 2.88 bits per heavy atom. The van der Waals surface area contributed by atoms with Crippen molar-refractivity contribution in [2.45, 2.75) is 6.42 Å². The number of likely N-dealkylation sites (N-methyl/N-ethyl adjacent to an activating group) is 1. The van der Waals surface area contributed by atoms with Gasteiger partial charge in [0, 0.05) is 29.1 Å². The highest BCUT2D eigenvalue weighted by Gasteiger charge is 2.02. The Balaban J connectivity index is 1.93. The van der Waals surface area contributed by atoms with Crippen molar-refractivity contribution in [2.75, 3.05) is 18.5 Å². The van der Waals surface area contributed by atoms with Gasteiger partial charge < -0.3 is 4.90 Å². The van der Waals surface area contributed by atoms with Crippen molar-refractivity contribution in [3.05, 3.63) is 45.2 Å². The van der Waals surface area contributed by atoms with Crippen LogP contribution in [0.25, 0.3) is 0 Å². The van der Waals surface area contributed by atoms with Gasteiger partial charge in [-0.2, -0.15) is 0 Å². The Labute approximate surface area is 108 Å². The van der Waals surface area contributed by atoms with E-state index in [0.717, 1.165) is 23.3 Å². The second kappa shape index (κ2) is 5.46. The quantitative estimate of drug-likeness (QED) is 0.857. The molecule has 0 amide bonds. The molecule has 0 bridgehead atoms. The van der Waals surface area contributed by atoms with Crippen LogP contribution >= 0.6 is 27.3 Å². The van der Waals surface area contributed by atoms with Gasteiger partial charge in [-0.25, -0.2) is 4.98 Å². The van der Waals surface area contributed by atoms with Gasteiger partial charge in [0.05, 0.1) is 0 Å². The maximum absolute atomic E-state index is 4.36. The third-order valence-corrected chi connectivity index (χ3v) is 3.78. The van der Waals surface area contributed by atoms with Crippen LogP contribution in [0, 0.1) is 0 Å². The van der Waals surface area contributed by atoms with Crippen molar-refractivity contribution in [1.29, 1.82) is 0 Å². The van der Waals surface area contributed by atoms with Gasteiger partial charge >= 0.3 is 0 Å². The predicted octanol–water partition coefficient (Wildman–Crippen LogP) is 3.58. The van der Waals surface area contributed by atoms with E-state index in [0.29, 0.717) is 0 Å². The Bertz CT molecular complexity index is 425. The van der Waals surface area contributed by atoms with E-state index in [2.05, 4.69) is 50.4 Å². The van der Waals surface area contributed by atoms with E-state index >= 15 is 0 Å². The molecule has 4 heteroatoms. The maximum Gasteiger partial charge on any atom is 0.128 e. The van der Waals surface area contributed by atoms with Crippen LogP contribution in [0.4, 0.5) is 5.82 Å². The standard InChI is InChI=1S/C12H13BrN2S/c1-15(7-6-11-3-2-8-16-11)12-5-4-10(13)9-14-12/h2-5,8-9H,6-7H2,1H3. The van der Waals surface area contributed by atoms with Crippen LogP contribution in [0.15, 0.2) is 40.3 Å². The second-order valence-electron chi connectivity index (χ2n) is 3.59. The fourth-order valence-electron chi connectivity index (χ4n) is 1.44. The molecule has 0 fully saturated rings. The van der Waals surface area contributed by atoms with E-state index in [4.69, 9.17) is 0 Å². The lowest BCUT2D eigenvalue weighted by Gasteiger charge is -2.17. The van der Waals surface area contributed by atoms with Gasteiger partial charge in [-0.3, -0.25) is 0 Å². The number of rotatable bonds is 4. The van der Waals surface area contributed by atoms with Crippen LogP contribution in [0.3, 0.4) is 0 Å². The summed E-state index contributed by atoms with van der Waals surface area (Å²) in [6.07, 6.45) is 2.91. The fraction of sp³-hybridized carbons (Fsp3) is 0.250. The summed E-state index contributed by atoms with van der Waals surface area (Å²) in [6.45, 7) is 0.995. The molecule has 84 valence electrons. The van der Waals surface area contributed by atoms with E-state index in [1.165, 1.54) is 4.88 Å². The van der Waals surface area contributed by atoms with Crippen molar-refractivity contribution in [1.82, 2.24) is 4.98 Å². The van der Waals surface area contributed by atoms with Crippen LogP contribution in [0.5, 0.6) is 0 Å². The molecule has 0 radical (unpaired) electrons. The largest absolute Gasteiger partial charge is 0.359 e. The molecule has 16 heavy (non-hydrogen) atoms. The van der Waals surface area contributed by atoms with E-state index in [-0.39, 0.29) is 0 Å². The fourth-order valence-corrected chi connectivity index (χ4v) is 2.37. The molecule has 0 aliphatic carbocycles. The number of pyridine rings is 1. The van der Waals surface area contributed by atoms with Gasteiger partial charge in [0.15, 0.2) is 0 Å². The third kappa shape index (κ3) is 3.06. The third-order valence-electron chi connectivity index (χ3n) is 2.38. The van der Waals surface area contributed by atoms with Gasteiger partial charge in [0.25, 0.3) is 0 Å². The van der Waals surface area contributed by atoms with Gasteiger partial charge in [0.1, 0.15) is 5.82 Å². The predicted molar refractivity (Wildman–Crippen MR) is 73.2 cm³/mol. The molecular formula is C12H13BrN2S. The number of hydrogen-bond acceptors (Lipinski definition) is 3. The van der Waals surface area contributed by atoms with Crippen molar-refractivity contribution in [3.63, 3.8) is 0 Å². The Morgan fingerprint density at radius 1 is 1.38 bits per heavy atom. The zero-order chi connectivity index (χ0) is 11.4. The zero-order valence-electron chi connectivity index (χ0n) is 9.06. The summed E-state index contributed by atoms with van der Waals surface area (Å²) in [7, 11) is 2.07. The summed E-state index contributed by atoms with van der Waals surface area (Å²) in [4.78, 5) is 7.95. The van der Waals surface area contributed by atoms with Gasteiger partial charge in [-0.15, -0.1) is 11.3 Å². The topological polar surface area (TPSA) is 16.1 Å². The highest BCUT2D eigenvalue weighted by molar-refractivity contribution is 9.10. The highest BCUT2D eigenvalue weighted by atomic mass is 79.9. The average Bonchev–Trinajstić information content (AvgIpc) is 2.80. The molecule has 0 atom stereocenters. The molecule has 2 rings (SSSR count). The van der Waals surface area contributed by atoms with E-state index in [1.807, 2.05) is 29.7 Å². The molecule has 2 aromatic rings. The Hall–Kier alpha value is -0.870. The van der Waals surface area contributed by atoms with Crippen LogP contribution in [-0.2, 0) is 6.42 Å². The molecular weight excluding hydrogens is 284 g/mol. The first-order valence-corrected chi connectivity index (χ1v) is 6.78. The number of aromatic nitrogens is 1. The summed E-state index contributed by atoms with van der Waals surface area (Å²) in [6, 6.07) is 8.31. The molecule has 0 aliphatic heterocycles. The van der Waals surface area contributed by atoms with Crippen LogP contribution < -0.4 is 4.90 Å². The van der Waals surface area contributed by atoms with E-state index in [9.17, 15) is 0 Å². The minimum absolute atomic E-state index is 0.995. The number of anilines is 1. The summed E-state index contributed by atoms with van der Waals surface area (Å²) in [5, 5.41) is 2.12. The molecule has 0 aliphatic rings. The second-order valence-corrected chi connectivity index (χ2v) is 5.53. The van der Waals surface area contributed by atoms with Gasteiger partial charge in [0.2, 0.25) is 0 Å². The SMILES string of the molecule is CN(CCc1cccs1)c1ccc(Br)cn1. The Kier molecular flexibility index (Phi) is 3.96. The summed E-state index contributed by atoms with van der Waals surface area (Å²) >= 11 is 5.19. The number of thiophene rings is 1. The highest BCUT2D eigenvalue weighted by Crippen LogP contribution is 2.15. The monoisotopic (exact) mass is 296 g/mol. The zero-order valence-corrected chi connectivity index (χ0v) is 11.5. The first-order chi connectivity index (χ1) is 7.75. The lowest BCUT2D eigenvalue weighted by atomic mass is 10.3. The summed E-state index contributed by atoms with van der Waals surface area (Å²) in [5.74, 6) is 1.01. The molecule has 0 saturated heterocycles. The van der Waals surface area contributed by atoms with E-state index in [1.54, 1.807) is 0 Å². The minimum atomic E-state index is 0.995. The minimum Gasteiger partial charge on any atom is -0.359 e. The Morgan fingerprint density at radius 2 is 2.25 bits per heavy atom. The van der Waals surface area contributed by atoms with Gasteiger partial charge in [-0.05, 0) is 45.9 Å². The molecule has 0 spiro atoms. The van der Waals surface area contributed by atoms with Crippen LogP contribution in [0.2, 0.25) is 0 Å². The molecule has 0 saturated carbocycles. The number of hydrogen-bond donors (Lipinski definition) is 0. The van der Waals surface area contributed by atoms with E-state index < -0.39 is 0 Å². The van der Waals surface area contributed by atoms with Crippen LogP contribution in [0.1, 0.15) is 4.88 Å². The summed E-state index contributed by atoms with van der Waals surface area (Å²) in [5.41, 5.74) is 0. The van der Waals surface area contributed by atoms with Crippen molar-refractivity contribution in [2.24, 2.45) is 0 Å². The lowest BCUT2D eigenvalue weighted by Crippen LogP contribution is -2.20. The lowest BCUT2D eigenvalue weighted by molar-refractivity contribution is 0.868. The summed E-state index contributed by atoms with van der Waals surface area (Å²) < 4.78 is 1.02. The van der Waals surface area contributed by atoms with Crippen LogP contribution in [-0.4, -0.2) is 18.6 Å². The maximum atomic E-state index is 4.36. The van der Waals surface area contributed by atoms with Gasteiger partial charge in [-0.1, -0.05) is 6.07 Å². The molecule has 2 nitrogen and oxygen atoms in total. The van der Waals surface area contributed by atoms with Crippen molar-refractivity contribution >= 4 is 33.1 Å².